The van der Waals surface area contributed by atoms with Crippen LogP contribution in [0.5, 0.6) is 5.75 Å². The average molecular weight is 422 g/mol. The van der Waals surface area contributed by atoms with E-state index >= 15 is 0 Å². The Morgan fingerprint density at radius 3 is 2.47 bits per heavy atom. The van der Waals surface area contributed by atoms with E-state index < -0.39 is 29.7 Å². The minimum atomic E-state index is -1.12. The molecule has 7 nitrogen and oxygen atoms in total. The molecule has 4 atom stereocenters. The Kier molecular flexibility index (Phi) is 8.53. The molecule has 30 heavy (non-hydrogen) atoms. The van der Waals surface area contributed by atoms with Crippen LogP contribution in [0, 0.1) is 5.92 Å². The lowest BCUT2D eigenvalue weighted by atomic mass is 9.89. The highest BCUT2D eigenvalue weighted by atomic mass is 16.6. The lowest BCUT2D eigenvalue weighted by Crippen LogP contribution is -2.55. The predicted molar refractivity (Wildman–Crippen MR) is 114 cm³/mol. The van der Waals surface area contributed by atoms with Gasteiger partial charge < -0.3 is 19.3 Å². The van der Waals surface area contributed by atoms with Crippen LogP contribution in [-0.2, 0) is 14.3 Å². The topological polar surface area (TPSA) is 85.3 Å². The van der Waals surface area contributed by atoms with Crippen LogP contribution in [0.25, 0.3) is 0 Å². The van der Waals surface area contributed by atoms with Crippen molar-refractivity contribution in [2.45, 2.75) is 77.2 Å². The third kappa shape index (κ3) is 6.36. The number of carboxylic acid groups (broad SMARTS) is 1. The van der Waals surface area contributed by atoms with E-state index in [1.54, 1.807) is 27.9 Å². The fourth-order valence-electron chi connectivity index (χ4n) is 4.12. The number of para-hydroxylation sites is 1. The second-order valence-electron chi connectivity index (χ2n) is 8.85. The third-order valence-electron chi connectivity index (χ3n) is 5.50. The first-order valence-corrected chi connectivity index (χ1v) is 10.6. The van der Waals surface area contributed by atoms with Crippen LogP contribution < -0.4 is 4.74 Å². The molecular weight excluding hydrogens is 386 g/mol. The van der Waals surface area contributed by atoms with Crippen LogP contribution >= 0.6 is 0 Å². The van der Waals surface area contributed by atoms with Crippen molar-refractivity contribution < 1.29 is 28.9 Å². The van der Waals surface area contributed by atoms with Crippen LogP contribution in [0.15, 0.2) is 30.3 Å². The summed E-state index contributed by atoms with van der Waals surface area (Å²) in [6, 6.07) is 8.62. The fraction of sp³-hybridized carbons (Fsp3) is 0.652. The molecule has 0 spiro atoms. The van der Waals surface area contributed by atoms with Crippen molar-refractivity contribution in [1.29, 1.82) is 0 Å². The summed E-state index contributed by atoms with van der Waals surface area (Å²) in [5, 5.41) is 9.77. The van der Waals surface area contributed by atoms with Gasteiger partial charge in [0, 0.05) is 25.2 Å². The van der Waals surface area contributed by atoms with Crippen LogP contribution in [0.2, 0.25) is 0 Å². The number of nitrogens with zero attached hydrogens (tertiary/aromatic N) is 1. The molecule has 1 aromatic rings. The summed E-state index contributed by atoms with van der Waals surface area (Å²) in [4.78, 5) is 26.2. The van der Waals surface area contributed by atoms with Crippen LogP contribution in [0.1, 0.15) is 53.4 Å². The largest absolute Gasteiger partial charge is 0.486 e. The van der Waals surface area contributed by atoms with Crippen molar-refractivity contribution in [1.82, 2.24) is 4.90 Å². The van der Waals surface area contributed by atoms with E-state index in [0.717, 1.165) is 12.8 Å². The SMILES string of the molecule is COCC[C@H]1CCC[C@H](N(C(=O)O)C(C)(C)C)C(=O)O[C@@H](C)[C@@H]1Oc1ccccc1. The van der Waals surface area contributed by atoms with Crippen molar-refractivity contribution in [3.8, 4) is 5.75 Å². The summed E-state index contributed by atoms with van der Waals surface area (Å²) in [6.45, 7) is 7.75. The summed E-state index contributed by atoms with van der Waals surface area (Å²) in [5.41, 5.74) is -0.720. The van der Waals surface area contributed by atoms with Crippen molar-refractivity contribution in [2.24, 2.45) is 5.92 Å². The third-order valence-corrected chi connectivity index (χ3v) is 5.50. The zero-order valence-corrected chi connectivity index (χ0v) is 18.7. The number of methoxy groups -OCH3 is 1. The van der Waals surface area contributed by atoms with Crippen LogP contribution in [0.4, 0.5) is 4.79 Å². The summed E-state index contributed by atoms with van der Waals surface area (Å²) >= 11 is 0. The first-order valence-electron chi connectivity index (χ1n) is 10.6. The molecule has 0 aromatic heterocycles. The van der Waals surface area contributed by atoms with E-state index in [1.165, 1.54) is 4.90 Å². The second kappa shape index (κ2) is 10.7. The number of amides is 1. The van der Waals surface area contributed by atoms with Gasteiger partial charge in [0.15, 0.2) is 0 Å². The van der Waals surface area contributed by atoms with Gasteiger partial charge in [0.05, 0.1) is 0 Å². The number of carbonyl (C=O) groups excluding carboxylic acids is 1. The van der Waals surface area contributed by atoms with Gasteiger partial charge in [0.1, 0.15) is 24.0 Å². The maximum absolute atomic E-state index is 13.0. The van der Waals surface area contributed by atoms with Crippen molar-refractivity contribution in [3.63, 3.8) is 0 Å². The fourth-order valence-corrected chi connectivity index (χ4v) is 4.12. The van der Waals surface area contributed by atoms with E-state index in [9.17, 15) is 14.7 Å². The summed E-state index contributed by atoms with van der Waals surface area (Å²) in [5.74, 6) is 0.305. The molecule has 1 fully saturated rings. The number of cyclic esters (lactones) is 1. The molecule has 1 aromatic carbocycles. The lowest BCUT2D eigenvalue weighted by molar-refractivity contribution is -0.161. The van der Waals surface area contributed by atoms with Gasteiger partial charge in [-0.2, -0.15) is 0 Å². The van der Waals surface area contributed by atoms with E-state index in [2.05, 4.69) is 0 Å². The molecule has 168 valence electrons. The zero-order valence-electron chi connectivity index (χ0n) is 18.7. The molecule has 0 radical (unpaired) electrons. The molecule has 1 N–H and O–H groups in total. The van der Waals surface area contributed by atoms with Gasteiger partial charge in [-0.3, -0.25) is 4.90 Å². The smallest absolute Gasteiger partial charge is 0.408 e. The Bertz CT molecular complexity index is 687. The minimum absolute atomic E-state index is 0.111. The molecule has 0 saturated carbocycles. The molecule has 1 saturated heterocycles. The maximum atomic E-state index is 13.0. The van der Waals surface area contributed by atoms with E-state index in [1.807, 2.05) is 37.3 Å². The highest BCUT2D eigenvalue weighted by molar-refractivity contribution is 5.81. The first-order chi connectivity index (χ1) is 14.1. The Hall–Kier alpha value is -2.28. The predicted octanol–water partition coefficient (Wildman–Crippen LogP) is 4.35. The van der Waals surface area contributed by atoms with Crippen molar-refractivity contribution in [2.75, 3.05) is 13.7 Å². The quantitative estimate of drug-likeness (QED) is 0.688. The number of rotatable bonds is 6. The Morgan fingerprint density at radius 2 is 1.90 bits per heavy atom. The molecule has 1 amide bonds. The first kappa shape index (κ1) is 24.0. The monoisotopic (exact) mass is 421 g/mol. The normalized spacial score (nSPS) is 25.4. The lowest BCUT2D eigenvalue weighted by Gasteiger charge is -2.38. The van der Waals surface area contributed by atoms with E-state index in [4.69, 9.17) is 14.2 Å². The highest BCUT2D eigenvalue weighted by Crippen LogP contribution is 2.31. The number of benzene rings is 1. The van der Waals surface area contributed by atoms with Gasteiger partial charge in [-0.25, -0.2) is 9.59 Å². The number of carbonyl (C=O) groups is 2. The molecule has 0 unspecified atom stereocenters. The number of ether oxygens (including phenoxy) is 3. The molecule has 1 aliphatic rings. The van der Waals surface area contributed by atoms with Gasteiger partial charge in [0.25, 0.3) is 0 Å². The Morgan fingerprint density at radius 1 is 1.23 bits per heavy atom. The molecular formula is C23H35NO6. The molecule has 0 aliphatic carbocycles. The van der Waals surface area contributed by atoms with Crippen molar-refractivity contribution in [3.05, 3.63) is 30.3 Å². The highest BCUT2D eigenvalue weighted by Gasteiger charge is 2.41. The van der Waals surface area contributed by atoms with E-state index in [-0.39, 0.29) is 12.0 Å². The van der Waals surface area contributed by atoms with Crippen LogP contribution in [0.3, 0.4) is 0 Å². The van der Waals surface area contributed by atoms with Crippen LogP contribution in [-0.4, -0.2) is 59.6 Å². The second-order valence-corrected chi connectivity index (χ2v) is 8.85. The summed E-state index contributed by atoms with van der Waals surface area (Å²) in [6.07, 6.45) is 0.656. The maximum Gasteiger partial charge on any atom is 0.408 e. The molecule has 1 heterocycles. The Balaban J connectivity index is 2.30. The molecule has 0 bridgehead atoms. The van der Waals surface area contributed by atoms with Gasteiger partial charge >= 0.3 is 12.1 Å². The summed E-state index contributed by atoms with van der Waals surface area (Å²) in [7, 11) is 1.66. The van der Waals surface area contributed by atoms with Gasteiger partial charge in [-0.05, 0) is 59.1 Å². The molecule has 2 rings (SSSR count). The Labute approximate surface area is 179 Å². The van der Waals surface area contributed by atoms with Gasteiger partial charge in [-0.15, -0.1) is 0 Å². The molecule has 7 heteroatoms. The number of hydrogen-bond acceptors (Lipinski definition) is 5. The van der Waals surface area contributed by atoms with Crippen molar-refractivity contribution >= 4 is 12.1 Å². The van der Waals surface area contributed by atoms with Gasteiger partial charge in [-0.1, -0.05) is 24.6 Å². The standard InChI is InChI=1S/C23H35NO6/c1-16-20(30-18-11-7-6-8-12-18)17(14-15-28-5)10-9-13-19(21(25)29-16)24(22(26)27)23(2,3)4/h6-8,11-12,16-17,19-20H,9-10,13-15H2,1-5H3,(H,26,27)/t16-,17+,19-,20-/m0/s1. The average Bonchev–Trinajstić information content (AvgIpc) is 2.71. The minimum Gasteiger partial charge on any atom is -0.486 e. The van der Waals surface area contributed by atoms with E-state index in [0.29, 0.717) is 25.2 Å². The number of hydrogen-bond donors (Lipinski definition) is 1. The summed E-state index contributed by atoms with van der Waals surface area (Å²) < 4.78 is 17.3. The molecule has 1 aliphatic heterocycles. The zero-order chi connectivity index (χ0) is 22.3. The number of esters is 1. The van der Waals surface area contributed by atoms with Gasteiger partial charge in [0.2, 0.25) is 0 Å².